The molecule has 1 aromatic rings. The van der Waals surface area contributed by atoms with E-state index < -0.39 is 20.0 Å². The predicted molar refractivity (Wildman–Crippen MR) is 109 cm³/mol. The minimum absolute atomic E-state index is 0.0436. The highest BCUT2D eigenvalue weighted by Crippen LogP contribution is 2.42. The van der Waals surface area contributed by atoms with Gasteiger partial charge in [-0.1, -0.05) is 13.8 Å². The van der Waals surface area contributed by atoms with Crippen molar-refractivity contribution in [1.82, 2.24) is 9.44 Å². The molecule has 0 aliphatic heterocycles. The molecule has 0 radical (unpaired) electrons. The number of rotatable bonds is 8. The molecular formula is C17H27N3O5S3. The summed E-state index contributed by atoms with van der Waals surface area (Å²) in [6, 6.07) is -0.358. The van der Waals surface area contributed by atoms with Gasteiger partial charge in [-0.15, -0.1) is 11.3 Å². The molecule has 1 fully saturated rings. The fourth-order valence-electron chi connectivity index (χ4n) is 3.23. The van der Waals surface area contributed by atoms with Crippen LogP contribution in [0.4, 0.5) is 5.00 Å². The zero-order valence-corrected chi connectivity index (χ0v) is 18.7. The van der Waals surface area contributed by atoms with Crippen LogP contribution in [0.1, 0.15) is 43.6 Å². The number of nitrogens with one attached hydrogen (secondary N) is 3. The van der Waals surface area contributed by atoms with E-state index in [2.05, 4.69) is 14.8 Å². The lowest BCUT2D eigenvalue weighted by molar-refractivity contribution is -0.117. The van der Waals surface area contributed by atoms with Crippen LogP contribution in [-0.4, -0.2) is 41.6 Å². The van der Waals surface area contributed by atoms with Crippen LogP contribution in [0.25, 0.3) is 0 Å². The highest BCUT2D eigenvalue weighted by Gasteiger charge is 2.36. The molecule has 158 valence electrons. The Bertz CT molecular complexity index is 962. The van der Waals surface area contributed by atoms with Crippen molar-refractivity contribution in [3.8, 4) is 0 Å². The lowest BCUT2D eigenvalue weighted by Crippen LogP contribution is -2.38. The Kier molecular flexibility index (Phi) is 6.21. The summed E-state index contributed by atoms with van der Waals surface area (Å²) in [5.74, 6) is -0.0592. The lowest BCUT2D eigenvalue weighted by Gasteiger charge is -2.23. The van der Waals surface area contributed by atoms with Crippen molar-refractivity contribution in [2.24, 2.45) is 11.8 Å². The average Bonchev–Trinajstić information content (AvgIpc) is 3.33. The fourth-order valence-corrected chi connectivity index (χ4v) is 7.23. The summed E-state index contributed by atoms with van der Waals surface area (Å²) in [5, 5.41) is 3.15. The molecule has 0 bridgehead atoms. The van der Waals surface area contributed by atoms with E-state index in [-0.39, 0.29) is 41.6 Å². The first-order chi connectivity index (χ1) is 13.0. The van der Waals surface area contributed by atoms with E-state index in [0.717, 1.165) is 24.0 Å². The van der Waals surface area contributed by atoms with Gasteiger partial charge in [-0.2, -0.15) is 0 Å². The number of sulfonamides is 2. The van der Waals surface area contributed by atoms with E-state index in [1.807, 2.05) is 13.8 Å². The Morgan fingerprint density at radius 2 is 1.86 bits per heavy atom. The van der Waals surface area contributed by atoms with Crippen molar-refractivity contribution in [3.05, 3.63) is 10.4 Å². The van der Waals surface area contributed by atoms with Gasteiger partial charge < -0.3 is 5.32 Å². The summed E-state index contributed by atoms with van der Waals surface area (Å²) in [5.41, 5.74) is 0.611. The molecule has 2 aliphatic rings. The monoisotopic (exact) mass is 449 g/mol. The molecule has 1 amide bonds. The maximum absolute atomic E-state index is 13.1. The topological polar surface area (TPSA) is 121 Å². The van der Waals surface area contributed by atoms with Crippen molar-refractivity contribution in [2.75, 3.05) is 18.1 Å². The molecule has 3 N–H and O–H groups in total. The molecule has 11 heteroatoms. The summed E-state index contributed by atoms with van der Waals surface area (Å²) in [6.45, 7) is 4.11. The molecule has 1 heterocycles. The van der Waals surface area contributed by atoms with Gasteiger partial charge in [0.25, 0.3) is 0 Å². The number of anilines is 1. The molecule has 28 heavy (non-hydrogen) atoms. The van der Waals surface area contributed by atoms with Crippen molar-refractivity contribution >= 4 is 42.3 Å². The average molecular weight is 450 g/mol. The Balaban J connectivity index is 1.96. The quantitative estimate of drug-likeness (QED) is 0.554. The Morgan fingerprint density at radius 3 is 2.43 bits per heavy atom. The Hall–Kier alpha value is -1.01. The van der Waals surface area contributed by atoms with E-state index in [9.17, 15) is 21.6 Å². The SMILES string of the molecule is CC(C)CNS(=O)(=O)c1c(NC(=O)C2CC2)sc2c1CC(NS(C)(=O)=O)CC2. The second-order valence-electron chi connectivity index (χ2n) is 8.00. The third-order valence-electron chi connectivity index (χ3n) is 4.73. The zero-order chi connectivity index (χ0) is 20.7. The van der Waals surface area contributed by atoms with E-state index in [1.54, 1.807) is 0 Å². The highest BCUT2D eigenvalue weighted by molar-refractivity contribution is 7.90. The summed E-state index contributed by atoms with van der Waals surface area (Å²) in [4.78, 5) is 13.3. The second kappa shape index (κ2) is 8.02. The van der Waals surface area contributed by atoms with Crippen LogP contribution in [0, 0.1) is 11.8 Å². The molecule has 1 aromatic heterocycles. The number of carbonyl (C=O) groups is 1. The van der Waals surface area contributed by atoms with E-state index in [0.29, 0.717) is 23.4 Å². The molecular weight excluding hydrogens is 422 g/mol. The van der Waals surface area contributed by atoms with Crippen LogP contribution >= 0.6 is 11.3 Å². The third-order valence-corrected chi connectivity index (χ3v) is 8.36. The Morgan fingerprint density at radius 1 is 1.18 bits per heavy atom. The first-order valence-corrected chi connectivity index (χ1v) is 13.6. The van der Waals surface area contributed by atoms with Crippen molar-refractivity contribution in [1.29, 1.82) is 0 Å². The molecule has 1 saturated carbocycles. The minimum atomic E-state index is -3.83. The molecule has 3 rings (SSSR count). The standard InChI is InChI=1S/C17H27N3O5S3/c1-10(2)9-18-28(24,25)15-13-8-12(20-27(3,22)23)6-7-14(13)26-17(15)19-16(21)11-4-5-11/h10-12,18,20H,4-9H2,1-3H3,(H,19,21). The molecule has 2 aliphatic carbocycles. The summed E-state index contributed by atoms with van der Waals surface area (Å²) in [6.07, 6.45) is 4.19. The Labute approximate surface area is 170 Å². The summed E-state index contributed by atoms with van der Waals surface area (Å²) < 4.78 is 54.5. The predicted octanol–water partition coefficient (Wildman–Crippen LogP) is 1.44. The van der Waals surface area contributed by atoms with Crippen molar-refractivity contribution in [3.63, 3.8) is 0 Å². The number of hydrogen-bond acceptors (Lipinski definition) is 6. The number of carbonyl (C=O) groups excluding carboxylic acids is 1. The van der Waals surface area contributed by atoms with E-state index >= 15 is 0 Å². The maximum Gasteiger partial charge on any atom is 0.243 e. The van der Waals surface area contributed by atoms with Gasteiger partial charge in [-0.05, 0) is 43.6 Å². The van der Waals surface area contributed by atoms with E-state index in [4.69, 9.17) is 0 Å². The number of amides is 1. The highest BCUT2D eigenvalue weighted by atomic mass is 32.2. The lowest BCUT2D eigenvalue weighted by atomic mass is 9.95. The molecule has 8 nitrogen and oxygen atoms in total. The van der Waals surface area contributed by atoms with Gasteiger partial charge in [0.05, 0.1) is 6.26 Å². The van der Waals surface area contributed by atoms with Gasteiger partial charge in [-0.25, -0.2) is 26.3 Å². The van der Waals surface area contributed by atoms with Crippen LogP contribution in [-0.2, 0) is 37.7 Å². The van der Waals surface area contributed by atoms with Crippen molar-refractivity contribution in [2.45, 2.75) is 56.9 Å². The summed E-state index contributed by atoms with van der Waals surface area (Å²) >= 11 is 1.29. The first kappa shape index (κ1) is 21.7. The van der Waals surface area contributed by atoms with Gasteiger partial charge in [0, 0.05) is 23.4 Å². The van der Waals surface area contributed by atoms with E-state index in [1.165, 1.54) is 11.3 Å². The number of aryl methyl sites for hydroxylation is 1. The second-order valence-corrected chi connectivity index (χ2v) is 12.6. The van der Waals surface area contributed by atoms with Gasteiger partial charge in [-0.3, -0.25) is 4.79 Å². The van der Waals surface area contributed by atoms with Crippen LogP contribution in [0.15, 0.2) is 4.90 Å². The largest absolute Gasteiger partial charge is 0.316 e. The molecule has 0 spiro atoms. The van der Waals surface area contributed by atoms with Gasteiger partial charge in [0.2, 0.25) is 26.0 Å². The molecule has 0 saturated heterocycles. The van der Waals surface area contributed by atoms with Crippen LogP contribution < -0.4 is 14.8 Å². The number of hydrogen-bond donors (Lipinski definition) is 3. The van der Waals surface area contributed by atoms with Gasteiger partial charge in [0.15, 0.2) is 0 Å². The third kappa shape index (κ3) is 5.32. The molecule has 1 atom stereocenters. The zero-order valence-electron chi connectivity index (χ0n) is 16.2. The van der Waals surface area contributed by atoms with Crippen LogP contribution in [0.5, 0.6) is 0 Å². The fraction of sp³-hybridized carbons (Fsp3) is 0.706. The van der Waals surface area contributed by atoms with Crippen molar-refractivity contribution < 1.29 is 21.6 Å². The maximum atomic E-state index is 13.1. The first-order valence-electron chi connectivity index (χ1n) is 9.38. The number of fused-ring (bicyclic) bond motifs is 1. The molecule has 1 unspecified atom stereocenters. The smallest absolute Gasteiger partial charge is 0.243 e. The van der Waals surface area contributed by atoms with Crippen LogP contribution in [0.3, 0.4) is 0 Å². The van der Waals surface area contributed by atoms with Gasteiger partial charge in [0.1, 0.15) is 9.90 Å². The molecule has 0 aromatic carbocycles. The minimum Gasteiger partial charge on any atom is -0.316 e. The van der Waals surface area contributed by atoms with Gasteiger partial charge >= 0.3 is 0 Å². The number of thiophene rings is 1. The van der Waals surface area contributed by atoms with Crippen LogP contribution in [0.2, 0.25) is 0 Å². The normalized spacial score (nSPS) is 20.2. The summed E-state index contributed by atoms with van der Waals surface area (Å²) in [7, 11) is -7.23.